The molecule has 0 aromatic heterocycles. The van der Waals surface area contributed by atoms with Gasteiger partial charge in [-0.2, -0.15) is 0 Å². The first-order chi connectivity index (χ1) is 10.8. The fourth-order valence-corrected chi connectivity index (χ4v) is 2.22. The van der Waals surface area contributed by atoms with E-state index in [1.165, 1.54) is 32.9 Å². The lowest BCUT2D eigenvalue weighted by Crippen LogP contribution is -2.38. The smallest absolute Gasteiger partial charge is 0.424 e. The van der Waals surface area contributed by atoms with Crippen molar-refractivity contribution >= 4 is 28.2 Å². The van der Waals surface area contributed by atoms with Crippen molar-refractivity contribution in [2.45, 2.75) is 31.3 Å². The maximum absolute atomic E-state index is 12.6. The molecule has 0 spiro atoms. The Kier molecular flexibility index (Phi) is 3.69. The maximum atomic E-state index is 12.6. The van der Waals surface area contributed by atoms with Crippen LogP contribution >= 0.6 is 0 Å². The zero-order valence-corrected chi connectivity index (χ0v) is 12.6. The van der Waals surface area contributed by atoms with Crippen LogP contribution in [0.15, 0.2) is 29.2 Å². The number of hydrogen-bond acceptors (Lipinski definition) is 5. The lowest BCUT2D eigenvalue weighted by molar-refractivity contribution is -0.105. The Balaban J connectivity index is 3.30. The molecule has 0 aliphatic heterocycles. The second-order valence-corrected chi connectivity index (χ2v) is 6.82. The Labute approximate surface area is 128 Å². The van der Waals surface area contributed by atoms with Crippen molar-refractivity contribution in [3.05, 3.63) is 24.3 Å². The summed E-state index contributed by atoms with van der Waals surface area (Å²) in [7, 11) is -4.68. The molecule has 0 unspecified atom stereocenters. The van der Waals surface area contributed by atoms with Crippen molar-refractivity contribution in [3.8, 4) is 0 Å². The summed E-state index contributed by atoms with van der Waals surface area (Å²) in [6, 6.07) is 4.66. The summed E-state index contributed by atoms with van der Waals surface area (Å²) in [5.41, 5.74) is -0.768. The van der Waals surface area contributed by atoms with Crippen LogP contribution in [0.1, 0.15) is 24.9 Å². The molecule has 1 aromatic rings. The minimum absolute atomic E-state index is 0.270. The third-order valence-electron chi connectivity index (χ3n) is 2.18. The zero-order valence-electron chi connectivity index (χ0n) is 14.8. The Morgan fingerprint density at radius 1 is 1.33 bits per heavy atom. The molecule has 1 rings (SSSR count). The summed E-state index contributed by atoms with van der Waals surface area (Å²) >= 11 is 0. The van der Waals surface area contributed by atoms with Crippen molar-refractivity contribution in [1.82, 2.24) is 4.31 Å². The summed E-state index contributed by atoms with van der Waals surface area (Å²) in [6.45, 7) is 1.18. The van der Waals surface area contributed by atoms with Crippen LogP contribution in [0.25, 0.3) is 0 Å². The van der Waals surface area contributed by atoms with E-state index in [4.69, 9.17) is 8.85 Å². The third-order valence-corrected chi connectivity index (χ3v) is 3.68. The largest absolute Gasteiger partial charge is 0.443 e. The quantitative estimate of drug-likeness (QED) is 0.855. The molecule has 0 radical (unpaired) electrons. The molecular weight excluding hydrogens is 296 g/mol. The lowest BCUT2D eigenvalue weighted by atomic mass is 10.2. The van der Waals surface area contributed by atoms with Crippen LogP contribution in [0, 0.1) is 0 Å². The fourth-order valence-electron chi connectivity index (χ4n) is 1.30. The van der Waals surface area contributed by atoms with Gasteiger partial charge in [-0.05, 0) is 45.0 Å². The summed E-state index contributed by atoms with van der Waals surface area (Å²) < 4.78 is 51.8. The van der Waals surface area contributed by atoms with Crippen LogP contribution in [0.2, 0.25) is 0 Å². The van der Waals surface area contributed by atoms with Crippen LogP contribution in [0.4, 0.5) is 10.5 Å². The van der Waals surface area contributed by atoms with E-state index in [0.29, 0.717) is 12.1 Å². The molecular formula is C13H18N2O5S. The molecule has 8 heteroatoms. The van der Waals surface area contributed by atoms with Gasteiger partial charge in [-0.25, -0.2) is 17.5 Å². The number of rotatable bonds is 4. The van der Waals surface area contributed by atoms with Gasteiger partial charge in [-0.1, -0.05) is 0 Å². The normalized spacial score (nSPS) is 14.3. The lowest BCUT2D eigenvalue weighted by Gasteiger charge is -2.24. The summed E-state index contributed by atoms with van der Waals surface area (Å²) in [5, 5.41) is 2.31. The van der Waals surface area contributed by atoms with Crippen molar-refractivity contribution in [2.75, 3.05) is 12.3 Å². The molecule has 0 atom stereocenters. The summed E-state index contributed by atoms with van der Waals surface area (Å²) in [4.78, 5) is 22.0. The molecule has 2 amide bonds. The summed E-state index contributed by atoms with van der Waals surface area (Å²) in [5.74, 6) is 0. The molecule has 0 aliphatic carbocycles. The number of nitrogens with one attached hydrogen (secondary N) is 1. The van der Waals surface area contributed by atoms with Gasteiger partial charge in [0.2, 0.25) is 6.41 Å². The minimum Gasteiger partial charge on any atom is -0.443 e. The van der Waals surface area contributed by atoms with E-state index in [0.717, 1.165) is 12.1 Å². The molecule has 0 saturated heterocycles. The highest BCUT2D eigenvalue weighted by molar-refractivity contribution is 7.89. The van der Waals surface area contributed by atoms with E-state index in [-0.39, 0.29) is 4.31 Å². The molecule has 0 saturated carbocycles. The van der Waals surface area contributed by atoms with Crippen molar-refractivity contribution in [1.29, 1.82) is 0 Å². The van der Waals surface area contributed by atoms with E-state index < -0.39 is 33.6 Å². The monoisotopic (exact) mass is 317 g/mol. The average molecular weight is 317 g/mol. The fraction of sp³-hybridized carbons (Fsp3) is 0.385. The molecule has 1 aromatic carbocycles. The standard InChI is InChI=1S/C13H18N2O5S/c1-13(2,3)20-12(17)15(4)21(18,19)11-7-5-10(6-8-11)14-9-16/h5-9H,1-4H3,(H,14,16)/i4D3. The van der Waals surface area contributed by atoms with Crippen LogP contribution < -0.4 is 5.32 Å². The highest BCUT2D eigenvalue weighted by Gasteiger charge is 2.29. The number of anilines is 1. The number of carbonyl (C=O) groups excluding carboxylic acids is 2. The zero-order chi connectivity index (χ0) is 18.8. The first kappa shape index (κ1) is 12.6. The number of benzene rings is 1. The predicted molar refractivity (Wildman–Crippen MR) is 77.3 cm³/mol. The van der Waals surface area contributed by atoms with Gasteiger partial charge in [-0.15, -0.1) is 0 Å². The number of carbonyl (C=O) groups is 2. The van der Waals surface area contributed by atoms with Crippen molar-refractivity contribution < 1.29 is 26.9 Å². The van der Waals surface area contributed by atoms with Gasteiger partial charge in [0.05, 0.1) is 4.90 Å². The molecule has 0 bridgehead atoms. The van der Waals surface area contributed by atoms with Gasteiger partial charge in [0.25, 0.3) is 10.0 Å². The van der Waals surface area contributed by atoms with Crippen LogP contribution in [0.5, 0.6) is 0 Å². The summed E-state index contributed by atoms with van der Waals surface area (Å²) in [6.07, 6.45) is -1.10. The Hall–Kier alpha value is -2.09. The number of amides is 2. The van der Waals surface area contributed by atoms with Crippen LogP contribution in [-0.4, -0.2) is 37.8 Å². The van der Waals surface area contributed by atoms with Gasteiger partial charge in [-0.3, -0.25) is 4.79 Å². The van der Waals surface area contributed by atoms with Gasteiger partial charge < -0.3 is 10.1 Å². The molecule has 0 fully saturated rings. The van der Waals surface area contributed by atoms with Gasteiger partial charge >= 0.3 is 6.09 Å². The van der Waals surface area contributed by atoms with E-state index >= 15 is 0 Å². The average Bonchev–Trinajstić information content (AvgIpc) is 2.35. The van der Waals surface area contributed by atoms with E-state index in [9.17, 15) is 18.0 Å². The van der Waals surface area contributed by atoms with Gasteiger partial charge in [0, 0.05) is 16.8 Å². The van der Waals surface area contributed by atoms with Crippen molar-refractivity contribution in [3.63, 3.8) is 0 Å². The van der Waals surface area contributed by atoms with E-state index in [1.54, 1.807) is 0 Å². The van der Waals surface area contributed by atoms with Gasteiger partial charge in [0.15, 0.2) is 0 Å². The molecule has 0 heterocycles. The number of sulfonamides is 1. The second-order valence-electron chi connectivity index (χ2n) is 5.04. The second kappa shape index (κ2) is 6.13. The molecule has 1 N–H and O–H groups in total. The van der Waals surface area contributed by atoms with E-state index in [1.807, 2.05) is 0 Å². The first-order valence-electron chi connectivity index (χ1n) is 7.38. The Morgan fingerprint density at radius 2 is 1.90 bits per heavy atom. The van der Waals surface area contributed by atoms with E-state index in [2.05, 4.69) is 5.32 Å². The number of hydrogen-bond donors (Lipinski definition) is 1. The number of nitrogens with zero attached hydrogens (tertiary/aromatic N) is 1. The Morgan fingerprint density at radius 3 is 2.33 bits per heavy atom. The van der Waals surface area contributed by atoms with Crippen molar-refractivity contribution in [2.24, 2.45) is 0 Å². The molecule has 0 aliphatic rings. The van der Waals surface area contributed by atoms with Crippen LogP contribution in [0.3, 0.4) is 0 Å². The van der Waals surface area contributed by atoms with Gasteiger partial charge in [0.1, 0.15) is 5.60 Å². The molecule has 116 valence electrons. The predicted octanol–water partition coefficient (Wildman–Crippen LogP) is 1.81. The minimum atomic E-state index is -4.68. The SMILES string of the molecule is [2H]C([2H])([2H])N(C(=O)OC(C)(C)C)S(=O)(=O)c1ccc(NC=O)cc1. The maximum Gasteiger partial charge on any atom is 0.424 e. The first-order valence-corrected chi connectivity index (χ1v) is 7.32. The third kappa shape index (κ3) is 4.45. The highest BCUT2D eigenvalue weighted by atomic mass is 32.2. The molecule has 21 heavy (non-hydrogen) atoms. The number of ether oxygens (including phenoxy) is 1. The molecule has 7 nitrogen and oxygen atoms in total. The Bertz CT molecular complexity index is 709. The highest BCUT2D eigenvalue weighted by Crippen LogP contribution is 2.19. The topological polar surface area (TPSA) is 92.8 Å². The van der Waals surface area contributed by atoms with Crippen LogP contribution in [-0.2, 0) is 19.6 Å².